The van der Waals surface area contributed by atoms with Crippen molar-refractivity contribution in [2.75, 3.05) is 13.1 Å². The molecule has 2 heterocycles. The van der Waals surface area contributed by atoms with Gasteiger partial charge in [-0.05, 0) is 39.5 Å². The summed E-state index contributed by atoms with van der Waals surface area (Å²) in [4.78, 5) is 24.8. The molecule has 0 bridgehead atoms. The van der Waals surface area contributed by atoms with Gasteiger partial charge in [-0.3, -0.25) is 9.48 Å². The fourth-order valence-electron chi connectivity index (χ4n) is 2.48. The molecule has 1 aliphatic rings. The molecule has 1 saturated heterocycles. The number of likely N-dealkylation sites (tertiary alicyclic amines) is 1. The van der Waals surface area contributed by atoms with Crippen molar-refractivity contribution in [1.82, 2.24) is 14.7 Å². The van der Waals surface area contributed by atoms with Gasteiger partial charge >= 0.3 is 6.09 Å². The lowest BCUT2D eigenvalue weighted by Gasteiger charge is -2.33. The summed E-state index contributed by atoms with van der Waals surface area (Å²) in [5.74, 6) is -0.0368. The van der Waals surface area contributed by atoms with E-state index in [-0.39, 0.29) is 6.09 Å². The van der Waals surface area contributed by atoms with Gasteiger partial charge < -0.3 is 15.4 Å². The van der Waals surface area contributed by atoms with E-state index < -0.39 is 11.5 Å². The number of carbonyl (C=O) groups excluding carboxylic acids is 2. The molecule has 7 heteroatoms. The Morgan fingerprint density at radius 1 is 1.36 bits per heavy atom. The van der Waals surface area contributed by atoms with Crippen LogP contribution in [0.5, 0.6) is 0 Å². The maximum Gasteiger partial charge on any atom is 0.410 e. The number of hydrogen-bond acceptors (Lipinski definition) is 4. The lowest BCUT2D eigenvalue weighted by molar-refractivity contribution is 0.0177. The number of nitrogens with two attached hydrogens (primary N) is 1. The standard InChI is InChI=1S/C15H24N4O3/c1-15(2,3)22-14(21)18-6-4-11(5-7-18)9-19-10-12(8-17-19)13(16)20/h8,10-11H,4-7,9H2,1-3H3,(H2,16,20). The molecular weight excluding hydrogens is 284 g/mol. The molecule has 0 aliphatic carbocycles. The molecule has 0 atom stereocenters. The summed E-state index contributed by atoms with van der Waals surface area (Å²) in [6, 6.07) is 0. The van der Waals surface area contributed by atoms with Gasteiger partial charge in [0.15, 0.2) is 0 Å². The smallest absolute Gasteiger partial charge is 0.410 e. The first-order chi connectivity index (χ1) is 10.2. The average Bonchev–Trinajstić information content (AvgIpc) is 2.86. The van der Waals surface area contributed by atoms with Crippen LogP contribution < -0.4 is 5.73 Å². The molecule has 22 heavy (non-hydrogen) atoms. The van der Waals surface area contributed by atoms with Gasteiger partial charge in [0.25, 0.3) is 5.91 Å². The van der Waals surface area contributed by atoms with Crippen LogP contribution in [-0.2, 0) is 11.3 Å². The molecule has 0 spiro atoms. The Hall–Kier alpha value is -2.05. The number of hydrogen-bond donors (Lipinski definition) is 1. The number of rotatable bonds is 3. The maximum absolute atomic E-state index is 12.0. The van der Waals surface area contributed by atoms with Crippen LogP contribution in [0, 0.1) is 5.92 Å². The van der Waals surface area contributed by atoms with E-state index in [9.17, 15) is 9.59 Å². The monoisotopic (exact) mass is 308 g/mol. The van der Waals surface area contributed by atoms with Gasteiger partial charge in [-0.2, -0.15) is 5.10 Å². The van der Waals surface area contributed by atoms with Crippen molar-refractivity contribution in [3.63, 3.8) is 0 Å². The second-order valence-corrected chi connectivity index (χ2v) is 6.73. The summed E-state index contributed by atoms with van der Waals surface area (Å²) in [6.45, 7) is 7.70. The van der Waals surface area contributed by atoms with Crippen LogP contribution in [-0.4, -0.2) is 45.4 Å². The van der Waals surface area contributed by atoms with Crippen LogP contribution in [0.1, 0.15) is 44.0 Å². The van der Waals surface area contributed by atoms with Gasteiger partial charge in [-0.15, -0.1) is 0 Å². The van der Waals surface area contributed by atoms with Crippen molar-refractivity contribution in [2.45, 2.75) is 45.8 Å². The van der Waals surface area contributed by atoms with Crippen LogP contribution in [0.3, 0.4) is 0 Å². The Balaban J connectivity index is 1.81. The Morgan fingerprint density at radius 2 is 2.00 bits per heavy atom. The predicted octanol–water partition coefficient (Wildman–Crippen LogP) is 1.63. The van der Waals surface area contributed by atoms with Crippen molar-refractivity contribution in [3.05, 3.63) is 18.0 Å². The second-order valence-electron chi connectivity index (χ2n) is 6.73. The van der Waals surface area contributed by atoms with Crippen LogP contribution in [0.25, 0.3) is 0 Å². The molecule has 7 nitrogen and oxygen atoms in total. The SMILES string of the molecule is CC(C)(C)OC(=O)N1CCC(Cn2cc(C(N)=O)cn2)CC1. The lowest BCUT2D eigenvalue weighted by atomic mass is 9.97. The normalized spacial score (nSPS) is 16.6. The van der Waals surface area contributed by atoms with Crippen LogP contribution in [0.15, 0.2) is 12.4 Å². The van der Waals surface area contributed by atoms with Crippen molar-refractivity contribution >= 4 is 12.0 Å². The van der Waals surface area contributed by atoms with E-state index >= 15 is 0 Å². The molecule has 1 aromatic heterocycles. The number of primary amides is 1. The van der Waals surface area contributed by atoms with Crippen molar-refractivity contribution in [2.24, 2.45) is 11.7 Å². The molecule has 2 rings (SSSR count). The minimum absolute atomic E-state index is 0.249. The molecule has 2 N–H and O–H groups in total. The van der Waals surface area contributed by atoms with E-state index in [1.807, 2.05) is 20.8 Å². The summed E-state index contributed by atoms with van der Waals surface area (Å²) >= 11 is 0. The number of nitrogens with zero attached hydrogens (tertiary/aromatic N) is 3. The molecule has 1 fully saturated rings. The third-order valence-corrected chi connectivity index (χ3v) is 3.63. The van der Waals surface area contributed by atoms with Crippen molar-refractivity contribution in [1.29, 1.82) is 0 Å². The van der Waals surface area contributed by atoms with Gasteiger partial charge in [-0.1, -0.05) is 0 Å². The van der Waals surface area contributed by atoms with E-state index in [4.69, 9.17) is 10.5 Å². The minimum Gasteiger partial charge on any atom is -0.444 e. The zero-order chi connectivity index (χ0) is 16.3. The molecule has 0 aromatic carbocycles. The number of carbonyl (C=O) groups is 2. The number of ether oxygens (including phenoxy) is 1. The van der Waals surface area contributed by atoms with E-state index in [0.717, 1.165) is 19.4 Å². The highest BCUT2D eigenvalue weighted by Gasteiger charge is 2.27. The molecular formula is C15H24N4O3. The Labute approximate surface area is 130 Å². The first-order valence-corrected chi connectivity index (χ1v) is 7.55. The van der Waals surface area contributed by atoms with E-state index in [1.165, 1.54) is 6.20 Å². The highest BCUT2D eigenvalue weighted by atomic mass is 16.6. The van der Waals surface area contributed by atoms with Gasteiger partial charge in [0.1, 0.15) is 5.60 Å². The fourth-order valence-corrected chi connectivity index (χ4v) is 2.48. The zero-order valence-electron chi connectivity index (χ0n) is 13.4. The first kappa shape index (κ1) is 16.3. The van der Waals surface area contributed by atoms with E-state index in [0.29, 0.717) is 24.6 Å². The van der Waals surface area contributed by atoms with Crippen molar-refractivity contribution in [3.8, 4) is 0 Å². The molecule has 0 unspecified atom stereocenters. The largest absolute Gasteiger partial charge is 0.444 e. The molecule has 0 saturated carbocycles. The van der Waals surface area contributed by atoms with Crippen LogP contribution >= 0.6 is 0 Å². The lowest BCUT2D eigenvalue weighted by Crippen LogP contribution is -2.42. The number of aromatic nitrogens is 2. The topological polar surface area (TPSA) is 90.5 Å². The second kappa shape index (κ2) is 6.37. The zero-order valence-corrected chi connectivity index (χ0v) is 13.4. The molecule has 1 aliphatic heterocycles. The van der Waals surface area contributed by atoms with Crippen LogP contribution in [0.4, 0.5) is 4.79 Å². The fraction of sp³-hybridized carbons (Fsp3) is 0.667. The van der Waals surface area contributed by atoms with Gasteiger partial charge in [-0.25, -0.2) is 4.79 Å². The molecule has 0 radical (unpaired) electrons. The van der Waals surface area contributed by atoms with Crippen LogP contribution in [0.2, 0.25) is 0 Å². The summed E-state index contributed by atoms with van der Waals surface area (Å²) in [7, 11) is 0. The van der Waals surface area contributed by atoms with Gasteiger partial charge in [0.2, 0.25) is 0 Å². The third-order valence-electron chi connectivity index (χ3n) is 3.63. The summed E-state index contributed by atoms with van der Waals surface area (Å²) in [5, 5.41) is 4.14. The summed E-state index contributed by atoms with van der Waals surface area (Å²) in [5.41, 5.74) is 5.17. The first-order valence-electron chi connectivity index (χ1n) is 7.55. The third kappa shape index (κ3) is 4.47. The number of amides is 2. The van der Waals surface area contributed by atoms with E-state index in [2.05, 4.69) is 5.10 Å². The quantitative estimate of drug-likeness (QED) is 0.919. The van der Waals surface area contributed by atoms with E-state index in [1.54, 1.807) is 15.8 Å². The highest BCUT2D eigenvalue weighted by Crippen LogP contribution is 2.21. The maximum atomic E-state index is 12.0. The summed E-state index contributed by atoms with van der Waals surface area (Å²) < 4.78 is 7.12. The van der Waals surface area contributed by atoms with Gasteiger partial charge in [0.05, 0.1) is 11.8 Å². The van der Waals surface area contributed by atoms with Gasteiger partial charge in [0, 0.05) is 25.8 Å². The Bertz CT molecular complexity index is 539. The minimum atomic E-state index is -0.467. The summed E-state index contributed by atoms with van der Waals surface area (Å²) in [6.07, 6.45) is 4.69. The predicted molar refractivity (Wildman–Crippen MR) is 81.3 cm³/mol. The molecule has 1 aromatic rings. The number of piperidine rings is 1. The Kier molecular flexibility index (Phi) is 4.73. The molecule has 122 valence electrons. The molecule has 2 amide bonds. The Morgan fingerprint density at radius 3 is 2.50 bits per heavy atom. The highest BCUT2D eigenvalue weighted by molar-refractivity contribution is 5.92. The van der Waals surface area contributed by atoms with Crippen molar-refractivity contribution < 1.29 is 14.3 Å². The average molecular weight is 308 g/mol.